The van der Waals surface area contributed by atoms with Crippen molar-refractivity contribution < 1.29 is 14.3 Å². The van der Waals surface area contributed by atoms with E-state index in [2.05, 4.69) is 4.98 Å². The lowest BCUT2D eigenvalue weighted by Gasteiger charge is -2.14. The molecule has 0 aliphatic heterocycles. The standard InChI is InChI=1S/C21H21Cl2NO3/c1-13(26-20(25)19-15(12-17(22)23)21(19,2)3)16-10-7-11-18(24-16)27-14-8-5-4-6-9-14/h4-13,15,19H,1-3H3/t13-,15-,19-/m0/s1. The van der Waals surface area contributed by atoms with Gasteiger partial charge in [-0.2, -0.15) is 0 Å². The number of rotatable bonds is 6. The zero-order chi connectivity index (χ0) is 19.6. The Hall–Kier alpha value is -2.04. The van der Waals surface area contributed by atoms with Crippen molar-refractivity contribution in [2.75, 3.05) is 0 Å². The minimum Gasteiger partial charge on any atom is -0.456 e. The summed E-state index contributed by atoms with van der Waals surface area (Å²) < 4.78 is 11.5. The van der Waals surface area contributed by atoms with Crippen molar-refractivity contribution in [2.45, 2.75) is 26.9 Å². The van der Waals surface area contributed by atoms with Gasteiger partial charge in [-0.15, -0.1) is 0 Å². The molecule has 27 heavy (non-hydrogen) atoms. The van der Waals surface area contributed by atoms with Crippen molar-refractivity contribution in [2.24, 2.45) is 17.3 Å². The topological polar surface area (TPSA) is 48.4 Å². The fourth-order valence-electron chi connectivity index (χ4n) is 3.21. The van der Waals surface area contributed by atoms with Crippen LogP contribution in [0, 0.1) is 17.3 Å². The summed E-state index contributed by atoms with van der Waals surface area (Å²) in [6, 6.07) is 14.8. The summed E-state index contributed by atoms with van der Waals surface area (Å²) in [5.41, 5.74) is 0.398. The SMILES string of the molecule is C[C@H](OC(=O)[C@@H]1[C@H](C=C(Cl)Cl)C1(C)C)c1cccc(Oc2ccccc2)n1. The lowest BCUT2D eigenvalue weighted by atomic mass is 10.1. The Morgan fingerprint density at radius 2 is 1.85 bits per heavy atom. The summed E-state index contributed by atoms with van der Waals surface area (Å²) in [7, 11) is 0. The van der Waals surface area contributed by atoms with Crippen molar-refractivity contribution in [1.82, 2.24) is 4.98 Å². The number of aromatic nitrogens is 1. The van der Waals surface area contributed by atoms with Crippen LogP contribution in [0.25, 0.3) is 0 Å². The van der Waals surface area contributed by atoms with Gasteiger partial charge in [0, 0.05) is 6.07 Å². The number of ether oxygens (including phenoxy) is 2. The average molecular weight is 406 g/mol. The normalized spacial score (nSPS) is 21.1. The minimum absolute atomic E-state index is 0.0251. The second-order valence-corrected chi connectivity index (χ2v) is 8.18. The van der Waals surface area contributed by atoms with Gasteiger partial charge in [-0.3, -0.25) is 4.79 Å². The number of hydrogen-bond donors (Lipinski definition) is 0. The fourth-order valence-corrected chi connectivity index (χ4v) is 3.48. The summed E-state index contributed by atoms with van der Waals surface area (Å²) in [5.74, 6) is 0.570. The first-order valence-corrected chi connectivity index (χ1v) is 9.48. The van der Waals surface area contributed by atoms with E-state index < -0.39 is 6.10 Å². The monoisotopic (exact) mass is 405 g/mol. The van der Waals surface area contributed by atoms with E-state index >= 15 is 0 Å². The van der Waals surface area contributed by atoms with E-state index in [1.54, 1.807) is 25.1 Å². The molecule has 1 aliphatic rings. The van der Waals surface area contributed by atoms with Crippen LogP contribution in [0.5, 0.6) is 11.6 Å². The molecule has 0 N–H and O–H groups in total. The Morgan fingerprint density at radius 1 is 1.15 bits per heavy atom. The lowest BCUT2D eigenvalue weighted by molar-refractivity contribution is -0.151. The van der Waals surface area contributed by atoms with Crippen LogP contribution in [-0.2, 0) is 9.53 Å². The summed E-state index contributed by atoms with van der Waals surface area (Å²) in [4.78, 5) is 17.0. The van der Waals surface area contributed by atoms with Crippen molar-refractivity contribution in [3.63, 3.8) is 0 Å². The van der Waals surface area contributed by atoms with E-state index in [4.69, 9.17) is 32.7 Å². The average Bonchev–Trinajstić information content (AvgIpc) is 3.15. The number of pyridine rings is 1. The van der Waals surface area contributed by atoms with Gasteiger partial charge in [-0.1, -0.05) is 61.3 Å². The highest BCUT2D eigenvalue weighted by atomic mass is 35.5. The Balaban J connectivity index is 1.66. The highest BCUT2D eigenvalue weighted by Crippen LogP contribution is 2.60. The molecule has 142 valence electrons. The van der Waals surface area contributed by atoms with Gasteiger partial charge in [-0.25, -0.2) is 4.98 Å². The number of nitrogens with zero attached hydrogens (tertiary/aromatic N) is 1. The molecule has 1 aromatic heterocycles. The van der Waals surface area contributed by atoms with E-state index in [0.29, 0.717) is 17.3 Å². The predicted octanol–water partition coefficient (Wildman–Crippen LogP) is 6.07. The van der Waals surface area contributed by atoms with Gasteiger partial charge >= 0.3 is 5.97 Å². The molecule has 1 saturated carbocycles. The van der Waals surface area contributed by atoms with Crippen LogP contribution in [0.15, 0.2) is 59.1 Å². The quantitative estimate of drug-likeness (QED) is 0.547. The summed E-state index contributed by atoms with van der Waals surface area (Å²) >= 11 is 11.5. The summed E-state index contributed by atoms with van der Waals surface area (Å²) in [6.45, 7) is 5.78. The molecule has 1 aliphatic carbocycles. The molecule has 0 radical (unpaired) electrons. The van der Waals surface area contributed by atoms with Gasteiger partial charge in [-0.05, 0) is 42.5 Å². The number of para-hydroxylation sites is 1. The number of benzene rings is 1. The lowest BCUT2D eigenvalue weighted by Crippen LogP contribution is -2.14. The number of carbonyl (C=O) groups is 1. The Morgan fingerprint density at radius 3 is 2.52 bits per heavy atom. The van der Waals surface area contributed by atoms with Crippen LogP contribution in [-0.4, -0.2) is 11.0 Å². The molecular formula is C21H21Cl2NO3. The maximum atomic E-state index is 12.6. The van der Waals surface area contributed by atoms with Gasteiger partial charge in [0.1, 0.15) is 16.3 Å². The van der Waals surface area contributed by atoms with E-state index in [1.807, 2.05) is 50.2 Å². The van der Waals surface area contributed by atoms with Gasteiger partial charge in [0.25, 0.3) is 0 Å². The van der Waals surface area contributed by atoms with E-state index in [1.165, 1.54) is 0 Å². The molecule has 6 heteroatoms. The van der Waals surface area contributed by atoms with E-state index in [-0.39, 0.29) is 27.7 Å². The largest absolute Gasteiger partial charge is 0.456 e. The molecule has 1 heterocycles. The molecule has 3 rings (SSSR count). The first-order chi connectivity index (χ1) is 12.8. The smallest absolute Gasteiger partial charge is 0.310 e. The summed E-state index contributed by atoms with van der Waals surface area (Å²) in [6.07, 6.45) is 1.20. The van der Waals surface area contributed by atoms with Crippen LogP contribution < -0.4 is 4.74 Å². The first kappa shape index (κ1) is 19.7. The second-order valence-electron chi connectivity index (χ2n) is 7.18. The highest BCUT2D eigenvalue weighted by molar-refractivity contribution is 6.55. The van der Waals surface area contributed by atoms with Crippen LogP contribution >= 0.6 is 23.2 Å². The van der Waals surface area contributed by atoms with Gasteiger partial charge in [0.15, 0.2) is 0 Å². The molecule has 0 bridgehead atoms. The minimum atomic E-state index is -0.496. The van der Waals surface area contributed by atoms with Gasteiger partial charge in [0.05, 0.1) is 11.6 Å². The molecule has 0 unspecified atom stereocenters. The third kappa shape index (κ3) is 4.63. The van der Waals surface area contributed by atoms with Gasteiger partial charge in [0.2, 0.25) is 5.88 Å². The number of carbonyl (C=O) groups excluding carboxylic acids is 1. The van der Waals surface area contributed by atoms with Crippen LogP contribution in [0.3, 0.4) is 0 Å². The maximum Gasteiger partial charge on any atom is 0.310 e. The highest BCUT2D eigenvalue weighted by Gasteiger charge is 2.61. The zero-order valence-corrected chi connectivity index (χ0v) is 16.9. The van der Waals surface area contributed by atoms with Crippen molar-refractivity contribution in [1.29, 1.82) is 0 Å². The van der Waals surface area contributed by atoms with Crippen LogP contribution in [0.4, 0.5) is 0 Å². The molecule has 0 spiro atoms. The van der Waals surface area contributed by atoms with Crippen LogP contribution in [0.2, 0.25) is 0 Å². The molecule has 1 aromatic carbocycles. The van der Waals surface area contributed by atoms with Crippen LogP contribution in [0.1, 0.15) is 32.6 Å². The van der Waals surface area contributed by atoms with Gasteiger partial charge < -0.3 is 9.47 Å². The Kier molecular flexibility index (Phi) is 5.78. The molecule has 0 amide bonds. The van der Waals surface area contributed by atoms with E-state index in [9.17, 15) is 4.79 Å². The molecule has 2 aromatic rings. The maximum absolute atomic E-state index is 12.6. The number of hydrogen-bond acceptors (Lipinski definition) is 4. The number of halogens is 2. The molecule has 3 atom stereocenters. The Labute approximate surface area is 169 Å². The van der Waals surface area contributed by atoms with E-state index in [0.717, 1.165) is 0 Å². The van der Waals surface area contributed by atoms with Crippen molar-refractivity contribution in [3.05, 3.63) is 64.8 Å². The number of allylic oxidation sites excluding steroid dienone is 1. The summed E-state index contributed by atoms with van der Waals surface area (Å²) in [5, 5.41) is 0. The second kappa shape index (κ2) is 7.91. The molecule has 0 saturated heterocycles. The zero-order valence-electron chi connectivity index (χ0n) is 15.4. The number of esters is 1. The predicted molar refractivity (Wildman–Crippen MR) is 106 cm³/mol. The van der Waals surface area contributed by atoms with Crippen molar-refractivity contribution in [3.8, 4) is 11.6 Å². The Bertz CT molecular complexity index is 848. The molecular weight excluding hydrogens is 385 g/mol. The van der Waals surface area contributed by atoms with Crippen molar-refractivity contribution >= 4 is 29.2 Å². The third-order valence-corrected chi connectivity index (χ3v) is 5.14. The first-order valence-electron chi connectivity index (χ1n) is 8.72. The molecule has 4 nitrogen and oxygen atoms in total. The molecule has 1 fully saturated rings. The fraction of sp³-hybridized carbons (Fsp3) is 0.333. The third-order valence-electron chi connectivity index (χ3n) is 4.89.